The molecule has 0 aliphatic carbocycles. The van der Waals surface area contributed by atoms with Gasteiger partial charge >= 0.3 is 0 Å². The van der Waals surface area contributed by atoms with Crippen LogP contribution in [0.3, 0.4) is 0 Å². The summed E-state index contributed by atoms with van der Waals surface area (Å²) in [6.07, 6.45) is 0.325. The number of rotatable bonds is 7. The van der Waals surface area contributed by atoms with E-state index in [-0.39, 0.29) is 18.6 Å². The highest BCUT2D eigenvalue weighted by molar-refractivity contribution is 5.76. The molecule has 4 heteroatoms. The molecule has 0 radical (unpaired) electrons. The van der Waals surface area contributed by atoms with Crippen LogP contribution in [0.1, 0.15) is 31.4 Å². The summed E-state index contributed by atoms with van der Waals surface area (Å²) < 4.78 is 5.74. The van der Waals surface area contributed by atoms with E-state index < -0.39 is 0 Å². The van der Waals surface area contributed by atoms with Crippen LogP contribution in [0.15, 0.2) is 18.2 Å². The second-order valence-electron chi connectivity index (χ2n) is 5.22. The molecule has 1 aromatic carbocycles. The standard InChI is InChI=1S/C16H25NO3/c1-12(2)17(9-10-18)15(19)8-11-20-16-13(3)6-5-7-14(16)4/h5-7,12,18H,8-11H2,1-4H3. The van der Waals surface area contributed by atoms with Crippen LogP contribution in [0.2, 0.25) is 0 Å². The lowest BCUT2D eigenvalue weighted by molar-refractivity contribution is -0.133. The number of amides is 1. The molecule has 0 aromatic heterocycles. The van der Waals surface area contributed by atoms with Crippen molar-refractivity contribution in [3.63, 3.8) is 0 Å². The third-order valence-corrected chi connectivity index (χ3v) is 3.26. The van der Waals surface area contributed by atoms with E-state index in [0.29, 0.717) is 19.6 Å². The summed E-state index contributed by atoms with van der Waals surface area (Å²) in [5.74, 6) is 0.874. The fourth-order valence-corrected chi connectivity index (χ4v) is 2.19. The predicted octanol–water partition coefficient (Wildman–Crippen LogP) is 2.30. The summed E-state index contributed by atoms with van der Waals surface area (Å²) >= 11 is 0. The number of nitrogens with zero attached hydrogens (tertiary/aromatic N) is 1. The first-order chi connectivity index (χ1) is 9.47. The lowest BCUT2D eigenvalue weighted by Crippen LogP contribution is -2.39. The smallest absolute Gasteiger partial charge is 0.226 e. The van der Waals surface area contributed by atoms with Gasteiger partial charge in [0, 0.05) is 12.6 Å². The molecule has 0 bridgehead atoms. The van der Waals surface area contributed by atoms with Gasteiger partial charge in [0.2, 0.25) is 5.91 Å². The van der Waals surface area contributed by atoms with Gasteiger partial charge in [0.15, 0.2) is 0 Å². The van der Waals surface area contributed by atoms with Crippen molar-refractivity contribution >= 4 is 5.91 Å². The van der Waals surface area contributed by atoms with Gasteiger partial charge in [0.05, 0.1) is 19.6 Å². The van der Waals surface area contributed by atoms with Gasteiger partial charge in [0.1, 0.15) is 5.75 Å². The average Bonchev–Trinajstić information content (AvgIpc) is 2.38. The Kier molecular flexibility index (Phi) is 6.52. The van der Waals surface area contributed by atoms with Crippen LogP contribution in [0.5, 0.6) is 5.75 Å². The predicted molar refractivity (Wildman–Crippen MR) is 80.0 cm³/mol. The molecule has 1 rings (SSSR count). The zero-order chi connectivity index (χ0) is 15.1. The number of benzene rings is 1. The third-order valence-electron chi connectivity index (χ3n) is 3.26. The van der Waals surface area contributed by atoms with Crippen LogP contribution in [0.25, 0.3) is 0 Å². The van der Waals surface area contributed by atoms with E-state index in [1.165, 1.54) is 0 Å². The molecule has 0 fully saturated rings. The van der Waals surface area contributed by atoms with E-state index in [1.807, 2.05) is 45.9 Å². The Morgan fingerprint density at radius 3 is 2.40 bits per heavy atom. The second-order valence-corrected chi connectivity index (χ2v) is 5.22. The highest BCUT2D eigenvalue weighted by Gasteiger charge is 2.16. The van der Waals surface area contributed by atoms with E-state index >= 15 is 0 Å². The van der Waals surface area contributed by atoms with Gasteiger partial charge in [-0.05, 0) is 38.8 Å². The highest BCUT2D eigenvalue weighted by Crippen LogP contribution is 2.22. The number of aryl methyl sites for hydroxylation is 2. The minimum Gasteiger partial charge on any atom is -0.493 e. The van der Waals surface area contributed by atoms with Gasteiger partial charge in [-0.25, -0.2) is 0 Å². The van der Waals surface area contributed by atoms with Crippen molar-refractivity contribution in [2.75, 3.05) is 19.8 Å². The number of ether oxygens (including phenoxy) is 1. The molecule has 1 N–H and O–H groups in total. The van der Waals surface area contributed by atoms with Gasteiger partial charge in [-0.1, -0.05) is 18.2 Å². The van der Waals surface area contributed by atoms with E-state index in [2.05, 4.69) is 0 Å². The maximum Gasteiger partial charge on any atom is 0.226 e. The molecule has 1 amide bonds. The minimum atomic E-state index is -0.0122. The Hall–Kier alpha value is -1.55. The van der Waals surface area contributed by atoms with Crippen LogP contribution in [-0.2, 0) is 4.79 Å². The Morgan fingerprint density at radius 1 is 1.30 bits per heavy atom. The van der Waals surface area contributed by atoms with E-state index in [9.17, 15) is 4.79 Å². The molecule has 0 aliphatic heterocycles. The van der Waals surface area contributed by atoms with E-state index in [1.54, 1.807) is 4.90 Å². The monoisotopic (exact) mass is 279 g/mol. The number of carbonyl (C=O) groups is 1. The quantitative estimate of drug-likeness (QED) is 0.833. The summed E-state index contributed by atoms with van der Waals surface area (Å²) in [6.45, 7) is 8.60. The first kappa shape index (κ1) is 16.5. The topological polar surface area (TPSA) is 49.8 Å². The number of aliphatic hydroxyl groups excluding tert-OH is 1. The van der Waals surface area contributed by atoms with Crippen molar-refractivity contribution in [1.29, 1.82) is 0 Å². The molecule has 0 heterocycles. The minimum absolute atomic E-state index is 0.0122. The lowest BCUT2D eigenvalue weighted by atomic mass is 10.1. The van der Waals surface area contributed by atoms with Crippen LogP contribution in [0.4, 0.5) is 0 Å². The van der Waals surface area contributed by atoms with Crippen molar-refractivity contribution < 1.29 is 14.6 Å². The lowest BCUT2D eigenvalue weighted by Gasteiger charge is -2.26. The zero-order valence-electron chi connectivity index (χ0n) is 12.8. The summed E-state index contributed by atoms with van der Waals surface area (Å²) in [6, 6.07) is 6.08. The Labute approximate surface area is 121 Å². The van der Waals surface area contributed by atoms with Crippen LogP contribution < -0.4 is 4.74 Å². The van der Waals surface area contributed by atoms with Crippen molar-refractivity contribution in [1.82, 2.24) is 4.90 Å². The summed E-state index contributed by atoms with van der Waals surface area (Å²) in [5.41, 5.74) is 2.15. The van der Waals surface area contributed by atoms with Crippen LogP contribution in [-0.4, -0.2) is 41.7 Å². The van der Waals surface area contributed by atoms with Crippen molar-refractivity contribution in [2.24, 2.45) is 0 Å². The number of hydrogen-bond donors (Lipinski definition) is 1. The van der Waals surface area contributed by atoms with Crippen molar-refractivity contribution in [2.45, 2.75) is 40.2 Å². The van der Waals surface area contributed by atoms with Gasteiger partial charge in [-0.3, -0.25) is 4.79 Å². The average molecular weight is 279 g/mol. The Morgan fingerprint density at radius 2 is 1.90 bits per heavy atom. The summed E-state index contributed by atoms with van der Waals surface area (Å²) in [5, 5.41) is 8.99. The van der Waals surface area contributed by atoms with Crippen molar-refractivity contribution in [3.8, 4) is 5.75 Å². The molecule has 0 unspecified atom stereocenters. The molecule has 20 heavy (non-hydrogen) atoms. The number of para-hydroxylation sites is 1. The largest absolute Gasteiger partial charge is 0.493 e. The number of aliphatic hydroxyl groups is 1. The van der Waals surface area contributed by atoms with E-state index in [4.69, 9.17) is 9.84 Å². The van der Waals surface area contributed by atoms with Crippen molar-refractivity contribution in [3.05, 3.63) is 29.3 Å². The molecule has 0 saturated heterocycles. The summed E-state index contributed by atoms with van der Waals surface area (Å²) in [7, 11) is 0. The molecule has 0 aliphatic rings. The SMILES string of the molecule is Cc1cccc(C)c1OCCC(=O)N(CCO)C(C)C. The molecule has 0 saturated carbocycles. The molecule has 1 aromatic rings. The maximum atomic E-state index is 12.1. The maximum absolute atomic E-state index is 12.1. The highest BCUT2D eigenvalue weighted by atomic mass is 16.5. The zero-order valence-corrected chi connectivity index (χ0v) is 12.8. The fraction of sp³-hybridized carbons (Fsp3) is 0.562. The third kappa shape index (κ3) is 4.53. The molecule has 0 spiro atoms. The van der Waals surface area contributed by atoms with Crippen LogP contribution >= 0.6 is 0 Å². The molecule has 4 nitrogen and oxygen atoms in total. The summed E-state index contributed by atoms with van der Waals surface area (Å²) in [4.78, 5) is 13.7. The van der Waals surface area contributed by atoms with E-state index in [0.717, 1.165) is 16.9 Å². The number of carbonyl (C=O) groups excluding carboxylic acids is 1. The number of hydrogen-bond acceptors (Lipinski definition) is 3. The molecular formula is C16H25NO3. The van der Waals surface area contributed by atoms with Crippen LogP contribution in [0, 0.1) is 13.8 Å². The second kappa shape index (κ2) is 7.90. The first-order valence-corrected chi connectivity index (χ1v) is 7.06. The Balaban J connectivity index is 2.53. The van der Waals surface area contributed by atoms with Gasteiger partial charge < -0.3 is 14.7 Å². The van der Waals surface area contributed by atoms with Gasteiger partial charge in [0.25, 0.3) is 0 Å². The first-order valence-electron chi connectivity index (χ1n) is 7.06. The molecular weight excluding hydrogens is 254 g/mol. The molecule has 0 atom stereocenters. The fourth-order valence-electron chi connectivity index (χ4n) is 2.19. The Bertz CT molecular complexity index is 423. The normalized spacial score (nSPS) is 10.7. The molecule has 112 valence electrons. The van der Waals surface area contributed by atoms with Gasteiger partial charge in [-0.15, -0.1) is 0 Å². The van der Waals surface area contributed by atoms with Gasteiger partial charge in [-0.2, -0.15) is 0 Å².